The minimum absolute atomic E-state index is 0.0487. The summed E-state index contributed by atoms with van der Waals surface area (Å²) >= 11 is 0. The van der Waals surface area contributed by atoms with Crippen LogP contribution in [0, 0.1) is 12.7 Å². The molecular weight excluding hydrogens is 381 g/mol. The topological polar surface area (TPSA) is 54.5 Å². The summed E-state index contributed by atoms with van der Waals surface area (Å²) in [7, 11) is 1.47. The van der Waals surface area contributed by atoms with Gasteiger partial charge in [0.15, 0.2) is 11.6 Å². The number of fused-ring (bicyclic) bond motifs is 1. The number of nitrogens with zero attached hydrogens (tertiary/aromatic N) is 2. The van der Waals surface area contributed by atoms with Gasteiger partial charge in [0.2, 0.25) is 0 Å². The van der Waals surface area contributed by atoms with Crippen LogP contribution in [-0.4, -0.2) is 42.0 Å². The van der Waals surface area contributed by atoms with E-state index in [1.54, 1.807) is 6.07 Å². The Morgan fingerprint density at radius 1 is 1.20 bits per heavy atom. The molecule has 1 fully saturated rings. The molecule has 2 aromatic carbocycles. The zero-order valence-electron chi connectivity index (χ0n) is 17.3. The molecule has 0 atom stereocenters. The van der Waals surface area contributed by atoms with Crippen molar-refractivity contribution < 1.29 is 13.9 Å². The SMILES string of the molecule is COc1ccc(CN2CCC(NC(=O)c3cc(C)nc4ccccc34)CC2)cc1F. The molecule has 3 aromatic rings. The smallest absolute Gasteiger partial charge is 0.252 e. The number of halogens is 1. The lowest BCUT2D eigenvalue weighted by Gasteiger charge is -2.32. The number of carbonyl (C=O) groups is 1. The van der Waals surface area contributed by atoms with E-state index in [1.807, 2.05) is 43.3 Å². The maximum atomic E-state index is 13.9. The van der Waals surface area contributed by atoms with Crippen molar-refractivity contribution >= 4 is 16.8 Å². The molecule has 0 aliphatic carbocycles. The first-order chi connectivity index (χ1) is 14.5. The van der Waals surface area contributed by atoms with Crippen LogP contribution in [0.1, 0.15) is 34.5 Å². The van der Waals surface area contributed by atoms with Gasteiger partial charge in [-0.2, -0.15) is 0 Å². The molecule has 0 saturated carbocycles. The van der Waals surface area contributed by atoms with E-state index >= 15 is 0 Å². The molecule has 0 radical (unpaired) electrons. The molecule has 1 saturated heterocycles. The van der Waals surface area contributed by atoms with Crippen LogP contribution in [0.4, 0.5) is 4.39 Å². The van der Waals surface area contributed by atoms with Crippen molar-refractivity contribution in [2.24, 2.45) is 0 Å². The van der Waals surface area contributed by atoms with E-state index in [9.17, 15) is 9.18 Å². The number of hydrogen-bond donors (Lipinski definition) is 1. The summed E-state index contributed by atoms with van der Waals surface area (Å²) in [6.45, 7) is 4.31. The van der Waals surface area contributed by atoms with Crippen LogP contribution in [0.25, 0.3) is 10.9 Å². The molecule has 4 rings (SSSR count). The van der Waals surface area contributed by atoms with Gasteiger partial charge in [0.05, 0.1) is 18.2 Å². The van der Waals surface area contributed by atoms with Gasteiger partial charge in [0.25, 0.3) is 5.91 Å². The van der Waals surface area contributed by atoms with Crippen LogP contribution in [0.3, 0.4) is 0 Å². The van der Waals surface area contributed by atoms with E-state index in [0.29, 0.717) is 12.1 Å². The quantitative estimate of drug-likeness (QED) is 0.692. The Balaban J connectivity index is 1.36. The molecule has 0 spiro atoms. The second-order valence-electron chi connectivity index (χ2n) is 7.82. The highest BCUT2D eigenvalue weighted by molar-refractivity contribution is 6.06. The highest BCUT2D eigenvalue weighted by Crippen LogP contribution is 2.22. The van der Waals surface area contributed by atoms with Gasteiger partial charge in [-0.25, -0.2) is 4.39 Å². The first-order valence-corrected chi connectivity index (χ1v) is 10.3. The lowest BCUT2D eigenvalue weighted by atomic mass is 10.0. The molecule has 5 nitrogen and oxygen atoms in total. The third kappa shape index (κ3) is 4.44. The molecule has 1 aliphatic rings. The number of pyridine rings is 1. The summed E-state index contributed by atoms with van der Waals surface area (Å²) in [5.74, 6) is -0.122. The molecule has 0 unspecified atom stereocenters. The van der Waals surface area contributed by atoms with Crippen molar-refractivity contribution in [2.75, 3.05) is 20.2 Å². The number of benzene rings is 2. The Hall–Kier alpha value is -2.99. The summed E-state index contributed by atoms with van der Waals surface area (Å²) in [6.07, 6.45) is 1.73. The third-order valence-electron chi connectivity index (χ3n) is 5.63. The number of nitrogens with one attached hydrogen (secondary N) is 1. The number of para-hydroxylation sites is 1. The number of aromatic nitrogens is 1. The maximum Gasteiger partial charge on any atom is 0.252 e. The number of hydrogen-bond acceptors (Lipinski definition) is 4. The first-order valence-electron chi connectivity index (χ1n) is 10.3. The molecule has 1 amide bonds. The van der Waals surface area contributed by atoms with Crippen LogP contribution in [0.15, 0.2) is 48.5 Å². The summed E-state index contributed by atoms with van der Waals surface area (Å²) in [5.41, 5.74) is 3.27. The Labute approximate surface area is 175 Å². The van der Waals surface area contributed by atoms with Gasteiger partial charge < -0.3 is 10.1 Å². The largest absolute Gasteiger partial charge is 0.494 e. The number of aryl methyl sites for hydroxylation is 1. The lowest BCUT2D eigenvalue weighted by Crippen LogP contribution is -2.44. The molecule has 30 heavy (non-hydrogen) atoms. The highest BCUT2D eigenvalue weighted by atomic mass is 19.1. The van der Waals surface area contributed by atoms with Crippen molar-refractivity contribution in [3.63, 3.8) is 0 Å². The lowest BCUT2D eigenvalue weighted by molar-refractivity contribution is 0.0910. The van der Waals surface area contributed by atoms with Gasteiger partial charge in [-0.3, -0.25) is 14.7 Å². The van der Waals surface area contributed by atoms with Gasteiger partial charge in [0, 0.05) is 36.8 Å². The standard InChI is InChI=1S/C24H26FN3O2/c1-16-13-20(19-5-3-4-6-22(19)26-16)24(29)27-18-9-11-28(12-10-18)15-17-7-8-23(30-2)21(25)14-17/h3-8,13-14,18H,9-12,15H2,1-2H3,(H,27,29). The predicted molar refractivity (Wildman–Crippen MR) is 115 cm³/mol. The normalized spacial score (nSPS) is 15.3. The van der Waals surface area contributed by atoms with Crippen molar-refractivity contribution in [3.8, 4) is 5.75 Å². The maximum absolute atomic E-state index is 13.9. The number of ether oxygens (including phenoxy) is 1. The summed E-state index contributed by atoms with van der Waals surface area (Å²) in [4.78, 5) is 19.7. The van der Waals surface area contributed by atoms with Crippen LogP contribution in [0.2, 0.25) is 0 Å². The number of amides is 1. The van der Waals surface area contributed by atoms with Crippen molar-refractivity contribution in [1.29, 1.82) is 0 Å². The second-order valence-corrected chi connectivity index (χ2v) is 7.82. The average molecular weight is 407 g/mol. The van der Waals surface area contributed by atoms with Crippen LogP contribution in [-0.2, 0) is 6.54 Å². The minimum Gasteiger partial charge on any atom is -0.494 e. The number of likely N-dealkylation sites (tertiary alicyclic amines) is 1. The van der Waals surface area contributed by atoms with Crippen molar-refractivity contribution in [2.45, 2.75) is 32.4 Å². The van der Waals surface area contributed by atoms with Crippen LogP contribution in [0.5, 0.6) is 5.75 Å². The van der Waals surface area contributed by atoms with Gasteiger partial charge >= 0.3 is 0 Å². The minimum atomic E-state index is -0.336. The Morgan fingerprint density at radius 2 is 1.97 bits per heavy atom. The second kappa shape index (κ2) is 8.79. The molecule has 1 aliphatic heterocycles. The number of piperidine rings is 1. The molecule has 156 valence electrons. The van der Waals surface area contributed by atoms with Crippen LogP contribution >= 0.6 is 0 Å². The van der Waals surface area contributed by atoms with E-state index in [0.717, 1.165) is 48.1 Å². The Kier molecular flexibility index (Phi) is 5.95. The third-order valence-corrected chi connectivity index (χ3v) is 5.63. The van der Waals surface area contributed by atoms with Gasteiger partial charge in [-0.15, -0.1) is 0 Å². The van der Waals surface area contributed by atoms with E-state index < -0.39 is 0 Å². The number of carbonyl (C=O) groups excluding carboxylic acids is 1. The van der Waals surface area contributed by atoms with Crippen molar-refractivity contribution in [1.82, 2.24) is 15.2 Å². The summed E-state index contributed by atoms with van der Waals surface area (Å²) in [6, 6.07) is 14.8. The monoisotopic (exact) mass is 407 g/mol. The molecule has 0 bridgehead atoms. The van der Waals surface area contributed by atoms with Crippen LogP contribution < -0.4 is 10.1 Å². The zero-order chi connectivity index (χ0) is 21.1. The van der Waals surface area contributed by atoms with E-state index in [1.165, 1.54) is 13.2 Å². The fourth-order valence-electron chi connectivity index (χ4n) is 4.06. The molecule has 6 heteroatoms. The van der Waals surface area contributed by atoms with Gasteiger partial charge in [-0.05, 0) is 49.6 Å². The van der Waals surface area contributed by atoms with Crippen molar-refractivity contribution in [3.05, 3.63) is 71.2 Å². The summed E-state index contributed by atoms with van der Waals surface area (Å²) in [5, 5.41) is 4.07. The molecular formula is C24H26FN3O2. The molecule has 1 aromatic heterocycles. The van der Waals surface area contributed by atoms with E-state index in [2.05, 4.69) is 15.2 Å². The first kappa shape index (κ1) is 20.3. The van der Waals surface area contributed by atoms with Gasteiger partial charge in [0.1, 0.15) is 0 Å². The van der Waals surface area contributed by atoms with E-state index in [-0.39, 0.29) is 23.5 Å². The fourth-order valence-corrected chi connectivity index (χ4v) is 4.06. The summed E-state index contributed by atoms with van der Waals surface area (Å²) < 4.78 is 18.9. The fraction of sp³-hybridized carbons (Fsp3) is 0.333. The number of rotatable bonds is 5. The Morgan fingerprint density at radius 3 is 2.70 bits per heavy atom. The Bertz CT molecular complexity index is 1060. The van der Waals surface area contributed by atoms with E-state index in [4.69, 9.17) is 4.74 Å². The predicted octanol–water partition coefficient (Wildman–Crippen LogP) is 4.09. The highest BCUT2D eigenvalue weighted by Gasteiger charge is 2.22. The van der Waals surface area contributed by atoms with Gasteiger partial charge in [-0.1, -0.05) is 24.3 Å². The molecule has 1 N–H and O–H groups in total. The average Bonchev–Trinajstić information content (AvgIpc) is 2.74. The molecule has 2 heterocycles. The number of methoxy groups -OCH3 is 1. The zero-order valence-corrected chi connectivity index (χ0v) is 17.3.